The highest BCUT2D eigenvalue weighted by molar-refractivity contribution is 5.26. The standard InChI is InChI=1S/C16H24O3/c1-14(17)7-5-3-4-6-12-19-13-15-8-10-16(18-2)11-9-15/h5,7-11,14,17H,3-4,6,12-13H2,1-2H3/b7-5-/t14-/m1/s1. The number of aliphatic hydroxyl groups is 1. The molecule has 0 saturated carbocycles. The molecule has 1 N–H and O–H groups in total. The number of allylic oxidation sites excluding steroid dienone is 1. The highest BCUT2D eigenvalue weighted by Crippen LogP contribution is 2.12. The fourth-order valence-electron chi connectivity index (χ4n) is 1.67. The molecule has 0 aliphatic carbocycles. The Morgan fingerprint density at radius 1 is 1.21 bits per heavy atom. The van der Waals surface area contributed by atoms with Gasteiger partial charge in [0.05, 0.1) is 19.8 Å². The average molecular weight is 264 g/mol. The Kier molecular flexibility index (Phi) is 7.94. The second kappa shape index (κ2) is 9.59. The van der Waals surface area contributed by atoms with Crippen LogP contribution in [0.15, 0.2) is 36.4 Å². The van der Waals surface area contributed by atoms with Crippen molar-refractivity contribution in [3.63, 3.8) is 0 Å². The SMILES string of the molecule is COc1ccc(COCCCC/C=C\[C@@H](C)O)cc1. The van der Waals surface area contributed by atoms with Crippen molar-refractivity contribution in [2.45, 2.75) is 38.9 Å². The Labute approximate surface area is 115 Å². The molecule has 0 fully saturated rings. The number of rotatable bonds is 9. The molecule has 3 nitrogen and oxygen atoms in total. The molecule has 0 heterocycles. The monoisotopic (exact) mass is 264 g/mol. The molecule has 0 bridgehead atoms. The number of aliphatic hydroxyl groups excluding tert-OH is 1. The fourth-order valence-corrected chi connectivity index (χ4v) is 1.67. The van der Waals surface area contributed by atoms with Gasteiger partial charge in [0.25, 0.3) is 0 Å². The Balaban J connectivity index is 2.04. The number of unbranched alkanes of at least 4 members (excludes halogenated alkanes) is 2. The number of hydrogen-bond donors (Lipinski definition) is 1. The van der Waals surface area contributed by atoms with Crippen molar-refractivity contribution in [1.82, 2.24) is 0 Å². The fraction of sp³-hybridized carbons (Fsp3) is 0.500. The largest absolute Gasteiger partial charge is 0.497 e. The smallest absolute Gasteiger partial charge is 0.118 e. The Bertz CT molecular complexity index is 355. The minimum Gasteiger partial charge on any atom is -0.497 e. The lowest BCUT2D eigenvalue weighted by atomic mass is 10.2. The number of benzene rings is 1. The van der Waals surface area contributed by atoms with Gasteiger partial charge in [0, 0.05) is 6.61 Å². The van der Waals surface area contributed by atoms with E-state index in [0.29, 0.717) is 6.61 Å². The van der Waals surface area contributed by atoms with Gasteiger partial charge in [-0.2, -0.15) is 0 Å². The lowest BCUT2D eigenvalue weighted by Crippen LogP contribution is -1.96. The maximum absolute atomic E-state index is 9.04. The summed E-state index contributed by atoms with van der Waals surface area (Å²) >= 11 is 0. The van der Waals surface area contributed by atoms with Crippen LogP contribution in [0.1, 0.15) is 31.7 Å². The van der Waals surface area contributed by atoms with Gasteiger partial charge >= 0.3 is 0 Å². The maximum Gasteiger partial charge on any atom is 0.118 e. The second-order valence-corrected chi connectivity index (χ2v) is 4.57. The second-order valence-electron chi connectivity index (χ2n) is 4.57. The first kappa shape index (κ1) is 15.7. The molecular weight excluding hydrogens is 240 g/mol. The van der Waals surface area contributed by atoms with Crippen molar-refractivity contribution in [1.29, 1.82) is 0 Å². The minimum absolute atomic E-state index is 0.341. The van der Waals surface area contributed by atoms with Gasteiger partial charge in [0.2, 0.25) is 0 Å². The van der Waals surface area contributed by atoms with Crippen LogP contribution in [0.5, 0.6) is 5.75 Å². The van der Waals surface area contributed by atoms with Crippen molar-refractivity contribution in [3.05, 3.63) is 42.0 Å². The van der Waals surface area contributed by atoms with Crippen LogP contribution in [0.3, 0.4) is 0 Å². The third-order valence-electron chi connectivity index (χ3n) is 2.75. The molecule has 1 rings (SSSR count). The number of ether oxygens (including phenoxy) is 2. The third-order valence-corrected chi connectivity index (χ3v) is 2.75. The molecule has 106 valence electrons. The molecule has 1 aromatic rings. The molecule has 19 heavy (non-hydrogen) atoms. The molecule has 0 aliphatic heterocycles. The van der Waals surface area contributed by atoms with Crippen LogP contribution < -0.4 is 4.74 Å². The van der Waals surface area contributed by atoms with E-state index in [1.165, 1.54) is 0 Å². The van der Waals surface area contributed by atoms with E-state index in [2.05, 4.69) is 0 Å². The molecule has 0 saturated heterocycles. The van der Waals surface area contributed by atoms with E-state index in [0.717, 1.165) is 37.2 Å². The molecule has 3 heteroatoms. The van der Waals surface area contributed by atoms with Gasteiger partial charge < -0.3 is 14.6 Å². The van der Waals surface area contributed by atoms with Crippen molar-refractivity contribution in [2.75, 3.05) is 13.7 Å². The first-order valence-electron chi connectivity index (χ1n) is 6.78. The third kappa shape index (κ3) is 7.65. The first-order valence-corrected chi connectivity index (χ1v) is 6.78. The zero-order valence-electron chi connectivity index (χ0n) is 11.8. The van der Waals surface area contributed by atoms with Crippen LogP contribution in [0.2, 0.25) is 0 Å². The van der Waals surface area contributed by atoms with Crippen LogP contribution in [0.25, 0.3) is 0 Å². The molecule has 0 unspecified atom stereocenters. The van der Waals surface area contributed by atoms with E-state index < -0.39 is 0 Å². The van der Waals surface area contributed by atoms with Crippen LogP contribution >= 0.6 is 0 Å². The van der Waals surface area contributed by atoms with Gasteiger partial charge in [-0.15, -0.1) is 0 Å². The summed E-state index contributed by atoms with van der Waals surface area (Å²) in [6.07, 6.45) is 6.63. The quantitative estimate of drug-likeness (QED) is 0.549. The topological polar surface area (TPSA) is 38.7 Å². The predicted molar refractivity (Wildman–Crippen MR) is 77.3 cm³/mol. The van der Waals surface area contributed by atoms with Gasteiger partial charge in [-0.1, -0.05) is 24.3 Å². The van der Waals surface area contributed by atoms with Crippen molar-refractivity contribution >= 4 is 0 Å². The van der Waals surface area contributed by atoms with E-state index in [1.807, 2.05) is 36.4 Å². The van der Waals surface area contributed by atoms with Crippen LogP contribution in [-0.4, -0.2) is 24.9 Å². The average Bonchev–Trinajstić information content (AvgIpc) is 2.42. The lowest BCUT2D eigenvalue weighted by Gasteiger charge is -2.05. The first-order chi connectivity index (χ1) is 9.22. The van der Waals surface area contributed by atoms with Gasteiger partial charge in [-0.05, 0) is 43.9 Å². The summed E-state index contributed by atoms with van der Waals surface area (Å²) in [5, 5.41) is 9.04. The van der Waals surface area contributed by atoms with Crippen molar-refractivity contribution in [2.24, 2.45) is 0 Å². The van der Waals surface area contributed by atoms with E-state index in [9.17, 15) is 0 Å². The van der Waals surface area contributed by atoms with Crippen LogP contribution in [0.4, 0.5) is 0 Å². The summed E-state index contributed by atoms with van der Waals surface area (Å²) in [5.41, 5.74) is 1.16. The van der Waals surface area contributed by atoms with Crippen molar-refractivity contribution in [3.8, 4) is 5.75 Å². The maximum atomic E-state index is 9.04. The highest BCUT2D eigenvalue weighted by Gasteiger charge is 1.95. The summed E-state index contributed by atoms with van der Waals surface area (Å²) in [6, 6.07) is 7.92. The van der Waals surface area contributed by atoms with Gasteiger partial charge in [0.15, 0.2) is 0 Å². The summed E-state index contributed by atoms with van der Waals surface area (Å²) in [6.45, 7) is 3.18. The molecule has 0 amide bonds. The summed E-state index contributed by atoms with van der Waals surface area (Å²) in [5.74, 6) is 0.869. The molecule has 1 aromatic carbocycles. The number of methoxy groups -OCH3 is 1. The minimum atomic E-state index is -0.341. The molecule has 0 aromatic heterocycles. The molecule has 0 radical (unpaired) electrons. The predicted octanol–water partition coefficient (Wildman–Crippen LogP) is 3.32. The Morgan fingerprint density at radius 3 is 2.58 bits per heavy atom. The van der Waals surface area contributed by atoms with Gasteiger partial charge in [0.1, 0.15) is 5.75 Å². The summed E-state index contributed by atoms with van der Waals surface area (Å²) < 4.78 is 10.7. The van der Waals surface area contributed by atoms with Crippen LogP contribution in [0, 0.1) is 0 Å². The molecule has 0 spiro atoms. The molecule has 1 atom stereocenters. The van der Waals surface area contributed by atoms with Crippen molar-refractivity contribution < 1.29 is 14.6 Å². The lowest BCUT2D eigenvalue weighted by molar-refractivity contribution is 0.117. The van der Waals surface area contributed by atoms with E-state index in [1.54, 1.807) is 14.0 Å². The molecule has 0 aliphatic rings. The van der Waals surface area contributed by atoms with E-state index in [4.69, 9.17) is 14.6 Å². The van der Waals surface area contributed by atoms with Gasteiger partial charge in [-0.25, -0.2) is 0 Å². The van der Waals surface area contributed by atoms with Crippen LogP contribution in [-0.2, 0) is 11.3 Å². The van der Waals surface area contributed by atoms with E-state index >= 15 is 0 Å². The summed E-state index contributed by atoms with van der Waals surface area (Å²) in [7, 11) is 1.66. The normalized spacial score (nSPS) is 12.8. The zero-order chi connectivity index (χ0) is 13.9. The Hall–Kier alpha value is -1.32. The number of hydrogen-bond acceptors (Lipinski definition) is 3. The molecular formula is C16H24O3. The van der Waals surface area contributed by atoms with Gasteiger partial charge in [-0.3, -0.25) is 0 Å². The zero-order valence-corrected chi connectivity index (χ0v) is 11.8. The highest BCUT2D eigenvalue weighted by atomic mass is 16.5. The van der Waals surface area contributed by atoms with E-state index in [-0.39, 0.29) is 6.10 Å². The summed E-state index contributed by atoms with van der Waals surface area (Å²) in [4.78, 5) is 0. The Morgan fingerprint density at radius 2 is 1.95 bits per heavy atom.